The Kier molecular flexibility index (Phi) is 5.57. The molecule has 0 radical (unpaired) electrons. The highest BCUT2D eigenvalue weighted by atomic mass is 35.5. The van der Waals surface area contributed by atoms with E-state index in [-0.39, 0.29) is 11.2 Å². The largest absolute Gasteiger partial charge is 0.380 e. The van der Waals surface area contributed by atoms with Gasteiger partial charge in [-0.05, 0) is 55.7 Å². The van der Waals surface area contributed by atoms with Crippen LogP contribution in [0.2, 0.25) is 5.02 Å². The van der Waals surface area contributed by atoms with Gasteiger partial charge in [-0.25, -0.2) is 9.37 Å². The van der Waals surface area contributed by atoms with Crippen LogP contribution in [0.5, 0.6) is 0 Å². The highest BCUT2D eigenvalue weighted by molar-refractivity contribution is 6.30. The number of pyridine rings is 1. The van der Waals surface area contributed by atoms with E-state index in [2.05, 4.69) is 48.1 Å². The van der Waals surface area contributed by atoms with Gasteiger partial charge in [0.2, 0.25) is 0 Å². The van der Waals surface area contributed by atoms with Crippen LogP contribution in [-0.2, 0) is 13.1 Å². The second-order valence-corrected chi connectivity index (χ2v) is 11.3. The first-order valence-corrected chi connectivity index (χ1v) is 12.8. The second kappa shape index (κ2) is 8.56. The third-order valence-corrected chi connectivity index (χ3v) is 8.18. The molecule has 188 valence electrons. The van der Waals surface area contributed by atoms with Crippen LogP contribution in [0.15, 0.2) is 42.6 Å². The Balaban J connectivity index is 1.22. The summed E-state index contributed by atoms with van der Waals surface area (Å²) in [6.45, 7) is 10.1. The maximum Gasteiger partial charge on any atom is 0.151 e. The minimum absolute atomic E-state index is 0.253. The number of likely N-dealkylation sites (N-methyl/N-ethyl adjacent to an activating group) is 1. The molecule has 3 aliphatic rings. The molecule has 3 aromatic rings. The van der Waals surface area contributed by atoms with Gasteiger partial charge in [-0.1, -0.05) is 18.2 Å². The van der Waals surface area contributed by atoms with E-state index >= 15 is 0 Å². The van der Waals surface area contributed by atoms with Crippen LogP contribution < -0.4 is 4.90 Å². The molecule has 1 aliphatic carbocycles. The summed E-state index contributed by atoms with van der Waals surface area (Å²) in [5.41, 5.74) is 4.08. The molecule has 1 aromatic carbocycles. The van der Waals surface area contributed by atoms with Crippen molar-refractivity contribution in [3.63, 3.8) is 0 Å². The summed E-state index contributed by atoms with van der Waals surface area (Å²) < 4.78 is 15.9. The van der Waals surface area contributed by atoms with Gasteiger partial charge in [0.15, 0.2) is 5.82 Å². The van der Waals surface area contributed by atoms with E-state index in [4.69, 9.17) is 16.7 Å². The van der Waals surface area contributed by atoms with Crippen LogP contribution in [0.4, 0.5) is 10.2 Å². The van der Waals surface area contributed by atoms with Crippen molar-refractivity contribution in [1.29, 1.82) is 0 Å². The van der Waals surface area contributed by atoms with Crippen molar-refractivity contribution in [1.82, 2.24) is 29.5 Å². The lowest BCUT2D eigenvalue weighted by Gasteiger charge is -2.59. The van der Waals surface area contributed by atoms with Gasteiger partial charge in [0, 0.05) is 62.3 Å². The van der Waals surface area contributed by atoms with Crippen molar-refractivity contribution in [3.05, 3.63) is 76.4 Å². The van der Waals surface area contributed by atoms with Crippen molar-refractivity contribution in [3.8, 4) is 5.69 Å². The zero-order valence-electron chi connectivity index (χ0n) is 21.0. The third kappa shape index (κ3) is 3.96. The predicted octanol–water partition coefficient (Wildman–Crippen LogP) is 4.54. The van der Waals surface area contributed by atoms with Crippen molar-refractivity contribution >= 4 is 17.4 Å². The van der Waals surface area contributed by atoms with Crippen molar-refractivity contribution in [2.75, 3.05) is 38.6 Å². The first kappa shape index (κ1) is 23.4. The molecule has 1 saturated carbocycles. The SMILES string of the molecule is C=C(CN1Cc2cc(Cl)ccc2-n2c(nnc2C2CC3(C2)CN(c2ccc(F)c(C)n2)C3)C1)N(C)C. The average Bonchev–Trinajstić information content (AvgIpc) is 3.10. The summed E-state index contributed by atoms with van der Waals surface area (Å²) in [6, 6.07) is 9.40. The molecule has 0 atom stereocenters. The summed E-state index contributed by atoms with van der Waals surface area (Å²) in [4.78, 5) is 11.1. The molecule has 2 aromatic heterocycles. The van der Waals surface area contributed by atoms with E-state index < -0.39 is 0 Å². The predicted molar refractivity (Wildman–Crippen MR) is 139 cm³/mol. The number of halogens is 2. The van der Waals surface area contributed by atoms with Gasteiger partial charge >= 0.3 is 0 Å². The summed E-state index contributed by atoms with van der Waals surface area (Å²) in [7, 11) is 4.04. The quantitative estimate of drug-likeness (QED) is 0.505. The number of aryl methyl sites for hydroxylation is 1. The number of aromatic nitrogens is 4. The van der Waals surface area contributed by atoms with Gasteiger partial charge in [-0.3, -0.25) is 9.47 Å². The lowest BCUT2D eigenvalue weighted by Crippen LogP contribution is -2.62. The Morgan fingerprint density at radius 1 is 1.17 bits per heavy atom. The Labute approximate surface area is 216 Å². The number of hydrogen-bond acceptors (Lipinski definition) is 6. The normalized spacial score (nSPS) is 18.8. The molecule has 1 spiro atoms. The number of benzene rings is 1. The Morgan fingerprint density at radius 3 is 2.67 bits per heavy atom. The lowest BCUT2D eigenvalue weighted by atomic mass is 9.57. The fourth-order valence-corrected chi connectivity index (χ4v) is 6.12. The minimum Gasteiger partial charge on any atom is -0.380 e. The number of hydrogen-bond donors (Lipinski definition) is 0. The highest BCUT2D eigenvalue weighted by Crippen LogP contribution is 2.56. The van der Waals surface area contributed by atoms with Gasteiger partial charge in [0.25, 0.3) is 0 Å². The molecule has 6 rings (SSSR count). The van der Waals surface area contributed by atoms with Crippen molar-refractivity contribution < 1.29 is 4.39 Å². The van der Waals surface area contributed by atoms with Gasteiger partial charge < -0.3 is 9.80 Å². The molecule has 4 heterocycles. The Hall–Kier alpha value is -2.97. The summed E-state index contributed by atoms with van der Waals surface area (Å²) in [6.07, 6.45) is 2.15. The highest BCUT2D eigenvalue weighted by Gasteiger charge is 2.54. The molecular formula is C27H31ClFN7. The van der Waals surface area contributed by atoms with Crippen LogP contribution in [0, 0.1) is 18.2 Å². The molecule has 0 bridgehead atoms. The average molecular weight is 508 g/mol. The smallest absolute Gasteiger partial charge is 0.151 e. The summed E-state index contributed by atoms with van der Waals surface area (Å²) in [5.74, 6) is 2.98. The van der Waals surface area contributed by atoms with E-state index in [1.165, 1.54) is 11.6 Å². The number of fused-ring (bicyclic) bond motifs is 3. The van der Waals surface area contributed by atoms with E-state index in [0.717, 1.165) is 72.9 Å². The van der Waals surface area contributed by atoms with Crippen LogP contribution in [0.25, 0.3) is 5.69 Å². The molecule has 7 nitrogen and oxygen atoms in total. The molecule has 9 heteroatoms. The fourth-order valence-electron chi connectivity index (χ4n) is 5.93. The zero-order chi connectivity index (χ0) is 25.2. The number of nitrogens with zero attached hydrogens (tertiary/aromatic N) is 7. The minimum atomic E-state index is -0.253. The summed E-state index contributed by atoms with van der Waals surface area (Å²) in [5, 5.41) is 10.1. The fraction of sp³-hybridized carbons (Fsp3) is 0.444. The third-order valence-electron chi connectivity index (χ3n) is 7.94. The van der Waals surface area contributed by atoms with Crippen LogP contribution >= 0.6 is 11.6 Å². The maximum atomic E-state index is 13.6. The van der Waals surface area contributed by atoms with Gasteiger partial charge in [0.1, 0.15) is 17.5 Å². The monoisotopic (exact) mass is 507 g/mol. The molecule has 0 unspecified atom stereocenters. The molecule has 2 aliphatic heterocycles. The van der Waals surface area contributed by atoms with Gasteiger partial charge in [-0.15, -0.1) is 10.2 Å². The lowest BCUT2D eigenvalue weighted by molar-refractivity contribution is 0.0581. The van der Waals surface area contributed by atoms with E-state index in [9.17, 15) is 4.39 Å². The standard InChI is InChI=1S/C27H31ClFN7/c1-17(33(3)4)12-34-13-19-9-21(28)5-7-23(19)36-25(14-34)31-32-26(36)20-10-27(11-20)15-35(16-27)24-8-6-22(29)18(2)30-24/h5-9,20H,1,10-16H2,2-4H3. The topological polar surface area (TPSA) is 53.3 Å². The second-order valence-electron chi connectivity index (χ2n) is 10.9. The molecule has 36 heavy (non-hydrogen) atoms. The van der Waals surface area contributed by atoms with E-state index in [1.54, 1.807) is 13.0 Å². The molecule has 0 amide bonds. The van der Waals surface area contributed by atoms with Crippen LogP contribution in [0.1, 0.15) is 41.7 Å². The summed E-state index contributed by atoms with van der Waals surface area (Å²) >= 11 is 6.41. The van der Waals surface area contributed by atoms with E-state index in [0.29, 0.717) is 18.2 Å². The molecular weight excluding hydrogens is 477 g/mol. The first-order valence-electron chi connectivity index (χ1n) is 12.4. The molecule has 2 fully saturated rings. The number of rotatable bonds is 5. The van der Waals surface area contributed by atoms with Gasteiger partial charge in [-0.2, -0.15) is 0 Å². The van der Waals surface area contributed by atoms with Crippen LogP contribution in [-0.4, -0.2) is 63.3 Å². The Morgan fingerprint density at radius 2 is 1.94 bits per heavy atom. The Bertz CT molecular complexity index is 1340. The van der Waals surface area contributed by atoms with Crippen LogP contribution in [0.3, 0.4) is 0 Å². The van der Waals surface area contributed by atoms with Crippen molar-refractivity contribution in [2.45, 2.75) is 38.8 Å². The van der Waals surface area contributed by atoms with Gasteiger partial charge in [0.05, 0.1) is 17.9 Å². The van der Waals surface area contributed by atoms with Crippen molar-refractivity contribution in [2.24, 2.45) is 5.41 Å². The maximum absolute atomic E-state index is 13.6. The molecule has 0 N–H and O–H groups in total. The zero-order valence-corrected chi connectivity index (χ0v) is 21.8. The van der Waals surface area contributed by atoms with E-state index in [1.807, 2.05) is 20.2 Å². The number of anilines is 1. The first-order chi connectivity index (χ1) is 17.2. The molecule has 1 saturated heterocycles.